The molecule has 0 unspecified atom stereocenters. The summed E-state index contributed by atoms with van der Waals surface area (Å²) >= 11 is 0. The van der Waals surface area contributed by atoms with Crippen LogP contribution in [-0.4, -0.2) is 42.9 Å². The molecule has 0 aliphatic rings. The molecule has 0 aliphatic carbocycles. The highest BCUT2D eigenvalue weighted by atomic mass is 16.2. The number of hydrogen-bond acceptors (Lipinski definition) is 3. The minimum atomic E-state index is -0.749. The monoisotopic (exact) mass is 306 g/mol. The lowest BCUT2D eigenvalue weighted by Gasteiger charge is -2.20. The maximum Gasteiger partial charge on any atom is 0.312 e. The smallest absolute Gasteiger partial charge is 0.312 e. The Morgan fingerprint density at radius 1 is 1.09 bits per heavy atom. The molecule has 0 spiro atoms. The predicted octanol–water partition coefficient (Wildman–Crippen LogP) is 1.02. The molecule has 1 atom stereocenters. The van der Waals surface area contributed by atoms with Gasteiger partial charge in [-0.1, -0.05) is 13.8 Å². The second kappa shape index (κ2) is 7.44. The Morgan fingerprint density at radius 3 is 2.05 bits per heavy atom. The number of benzene rings is 1. The summed E-state index contributed by atoms with van der Waals surface area (Å²) < 4.78 is 0. The first-order chi connectivity index (χ1) is 10.2. The molecule has 1 aromatic carbocycles. The molecule has 0 fully saturated rings. The van der Waals surface area contributed by atoms with Gasteiger partial charge >= 0.3 is 6.03 Å². The Morgan fingerprint density at radius 2 is 1.64 bits per heavy atom. The van der Waals surface area contributed by atoms with Crippen molar-refractivity contribution in [1.29, 1.82) is 0 Å². The minimum absolute atomic E-state index is 0.109. The van der Waals surface area contributed by atoms with Crippen LogP contribution in [0.5, 0.6) is 0 Å². The Hall–Kier alpha value is -2.57. The van der Waals surface area contributed by atoms with E-state index in [4.69, 9.17) is 5.73 Å². The van der Waals surface area contributed by atoms with Crippen molar-refractivity contribution in [2.45, 2.75) is 19.9 Å². The van der Waals surface area contributed by atoms with Crippen molar-refractivity contribution >= 4 is 23.5 Å². The van der Waals surface area contributed by atoms with Gasteiger partial charge < -0.3 is 21.3 Å². The number of primary amides is 1. The van der Waals surface area contributed by atoms with Crippen LogP contribution >= 0.6 is 0 Å². The summed E-state index contributed by atoms with van der Waals surface area (Å²) in [6.07, 6.45) is 0. The summed E-state index contributed by atoms with van der Waals surface area (Å²) in [6, 6.07) is 5.06. The molecule has 0 radical (unpaired) electrons. The lowest BCUT2D eigenvalue weighted by Crippen LogP contribution is -2.49. The Bertz CT molecular complexity index is 552. The normalized spacial score (nSPS) is 11.7. The molecular formula is C15H22N4O3. The summed E-state index contributed by atoms with van der Waals surface area (Å²) in [5.74, 6) is -0.587. The maximum absolute atomic E-state index is 12.2. The number of carbonyl (C=O) groups excluding carboxylic acids is 3. The second-order valence-corrected chi connectivity index (χ2v) is 5.50. The van der Waals surface area contributed by atoms with Gasteiger partial charge in [0.2, 0.25) is 5.91 Å². The molecule has 0 saturated carbocycles. The van der Waals surface area contributed by atoms with Crippen LogP contribution in [0.1, 0.15) is 24.2 Å². The lowest BCUT2D eigenvalue weighted by atomic mass is 10.0. The third-order valence-corrected chi connectivity index (χ3v) is 3.05. The van der Waals surface area contributed by atoms with E-state index in [1.54, 1.807) is 52.2 Å². The summed E-state index contributed by atoms with van der Waals surface area (Å²) in [6.45, 7) is 3.61. The fourth-order valence-electron chi connectivity index (χ4n) is 1.86. The molecule has 4 amide bonds. The van der Waals surface area contributed by atoms with Gasteiger partial charge in [-0.2, -0.15) is 0 Å². The number of urea groups is 1. The number of nitrogens with zero attached hydrogens (tertiary/aromatic N) is 1. The molecule has 7 heteroatoms. The first-order valence-corrected chi connectivity index (χ1v) is 6.91. The first kappa shape index (κ1) is 17.5. The second-order valence-electron chi connectivity index (χ2n) is 5.50. The average Bonchev–Trinajstić information content (AvgIpc) is 2.44. The standard InChI is InChI=1S/C15H22N4O3/c1-9(2)12(18-15(16)22)13(20)17-11-7-5-10(6-8-11)14(21)19(3)4/h5-9,12H,1-4H3,(H,17,20)(H3,16,18,22)/t12-/m1/s1. The van der Waals surface area contributed by atoms with Gasteiger partial charge in [0.15, 0.2) is 0 Å². The van der Waals surface area contributed by atoms with Crippen LogP contribution in [0.4, 0.5) is 10.5 Å². The van der Waals surface area contributed by atoms with Crippen molar-refractivity contribution in [1.82, 2.24) is 10.2 Å². The van der Waals surface area contributed by atoms with E-state index in [2.05, 4.69) is 10.6 Å². The largest absolute Gasteiger partial charge is 0.352 e. The summed E-state index contributed by atoms with van der Waals surface area (Å²) in [7, 11) is 3.33. The third kappa shape index (κ3) is 4.76. The van der Waals surface area contributed by atoms with E-state index < -0.39 is 12.1 Å². The van der Waals surface area contributed by atoms with Gasteiger partial charge in [-0.15, -0.1) is 0 Å². The lowest BCUT2D eigenvalue weighted by molar-refractivity contribution is -0.118. The Kier molecular flexibility index (Phi) is 5.91. The average molecular weight is 306 g/mol. The predicted molar refractivity (Wildman–Crippen MR) is 84.4 cm³/mol. The van der Waals surface area contributed by atoms with Crippen LogP contribution in [0, 0.1) is 5.92 Å². The van der Waals surface area contributed by atoms with Crippen molar-refractivity contribution in [3.05, 3.63) is 29.8 Å². The molecule has 0 aliphatic heterocycles. The number of rotatable bonds is 5. The zero-order valence-electron chi connectivity index (χ0n) is 13.2. The zero-order valence-corrected chi connectivity index (χ0v) is 13.2. The SMILES string of the molecule is CC(C)[C@@H](NC(N)=O)C(=O)Nc1ccc(C(=O)N(C)C)cc1. The van der Waals surface area contributed by atoms with Gasteiger partial charge in [0, 0.05) is 25.3 Å². The van der Waals surface area contributed by atoms with E-state index in [9.17, 15) is 14.4 Å². The third-order valence-electron chi connectivity index (χ3n) is 3.05. The summed E-state index contributed by atoms with van der Waals surface area (Å²) in [4.78, 5) is 36.3. The molecule has 4 N–H and O–H groups in total. The molecular weight excluding hydrogens is 284 g/mol. The number of anilines is 1. The highest BCUT2D eigenvalue weighted by molar-refractivity contribution is 5.98. The number of amides is 4. The topological polar surface area (TPSA) is 105 Å². The van der Waals surface area contributed by atoms with Gasteiger partial charge in [-0.05, 0) is 30.2 Å². The van der Waals surface area contributed by atoms with Crippen molar-refractivity contribution in [3.8, 4) is 0 Å². The van der Waals surface area contributed by atoms with Crippen molar-refractivity contribution in [2.75, 3.05) is 19.4 Å². The van der Waals surface area contributed by atoms with Crippen LogP contribution < -0.4 is 16.4 Å². The van der Waals surface area contributed by atoms with Crippen LogP contribution in [0.15, 0.2) is 24.3 Å². The van der Waals surface area contributed by atoms with E-state index in [0.29, 0.717) is 11.3 Å². The molecule has 0 heterocycles. The van der Waals surface area contributed by atoms with E-state index in [1.165, 1.54) is 4.90 Å². The zero-order chi connectivity index (χ0) is 16.9. The van der Waals surface area contributed by atoms with Crippen molar-refractivity contribution < 1.29 is 14.4 Å². The summed E-state index contributed by atoms with van der Waals surface area (Å²) in [5.41, 5.74) is 6.14. The molecule has 7 nitrogen and oxygen atoms in total. The Balaban J connectivity index is 2.79. The first-order valence-electron chi connectivity index (χ1n) is 6.91. The number of nitrogens with one attached hydrogen (secondary N) is 2. The molecule has 0 saturated heterocycles. The van der Waals surface area contributed by atoms with Crippen LogP contribution in [0.2, 0.25) is 0 Å². The van der Waals surface area contributed by atoms with Crippen molar-refractivity contribution in [3.63, 3.8) is 0 Å². The molecule has 1 rings (SSSR count). The van der Waals surface area contributed by atoms with Crippen LogP contribution in [0.3, 0.4) is 0 Å². The Labute approximate surface area is 129 Å². The minimum Gasteiger partial charge on any atom is -0.352 e. The molecule has 0 aromatic heterocycles. The quantitative estimate of drug-likeness (QED) is 0.756. The highest BCUT2D eigenvalue weighted by Gasteiger charge is 2.23. The van der Waals surface area contributed by atoms with Gasteiger partial charge in [0.25, 0.3) is 5.91 Å². The molecule has 22 heavy (non-hydrogen) atoms. The van der Waals surface area contributed by atoms with E-state index >= 15 is 0 Å². The molecule has 0 bridgehead atoms. The van der Waals surface area contributed by atoms with Gasteiger partial charge in [0.1, 0.15) is 6.04 Å². The van der Waals surface area contributed by atoms with Gasteiger partial charge in [-0.25, -0.2) is 4.79 Å². The number of hydrogen-bond donors (Lipinski definition) is 3. The maximum atomic E-state index is 12.2. The highest BCUT2D eigenvalue weighted by Crippen LogP contribution is 2.12. The number of nitrogens with two attached hydrogens (primary N) is 1. The van der Waals surface area contributed by atoms with Crippen molar-refractivity contribution in [2.24, 2.45) is 11.7 Å². The summed E-state index contributed by atoms with van der Waals surface area (Å²) in [5, 5.41) is 5.10. The van der Waals surface area contributed by atoms with E-state index in [1.807, 2.05) is 0 Å². The van der Waals surface area contributed by atoms with E-state index in [0.717, 1.165) is 0 Å². The fraction of sp³-hybridized carbons (Fsp3) is 0.400. The van der Waals surface area contributed by atoms with Crippen LogP contribution in [-0.2, 0) is 4.79 Å². The van der Waals surface area contributed by atoms with E-state index in [-0.39, 0.29) is 17.7 Å². The van der Waals surface area contributed by atoms with Crippen LogP contribution in [0.25, 0.3) is 0 Å². The number of carbonyl (C=O) groups is 3. The molecule has 1 aromatic rings. The fourth-order valence-corrected chi connectivity index (χ4v) is 1.86. The van der Waals surface area contributed by atoms with Gasteiger partial charge in [-0.3, -0.25) is 9.59 Å². The van der Waals surface area contributed by atoms with Gasteiger partial charge in [0.05, 0.1) is 0 Å². The molecule has 120 valence electrons.